The van der Waals surface area contributed by atoms with Crippen LogP contribution in [0.25, 0.3) is 11.0 Å². The third-order valence-corrected chi connectivity index (χ3v) is 5.05. The van der Waals surface area contributed by atoms with Crippen molar-refractivity contribution in [2.75, 3.05) is 21.9 Å². The van der Waals surface area contributed by atoms with Crippen molar-refractivity contribution < 1.29 is 9.00 Å². The van der Waals surface area contributed by atoms with Gasteiger partial charge < -0.3 is 10.6 Å². The Morgan fingerprint density at radius 1 is 1.00 bits per heavy atom. The molecule has 3 N–H and O–H groups in total. The molecular formula is C20H23N5O2S. The van der Waals surface area contributed by atoms with Gasteiger partial charge in [0.1, 0.15) is 0 Å². The molecule has 8 heteroatoms. The molecular weight excluding hydrogens is 374 g/mol. The Labute approximate surface area is 166 Å². The van der Waals surface area contributed by atoms with Crippen LogP contribution in [0.1, 0.15) is 26.7 Å². The van der Waals surface area contributed by atoms with Crippen LogP contribution in [0.5, 0.6) is 0 Å². The number of fused-ring (bicyclic) bond motifs is 1. The highest BCUT2D eigenvalue weighted by molar-refractivity contribution is 7.86. The van der Waals surface area contributed by atoms with E-state index in [1.807, 2.05) is 24.3 Å². The summed E-state index contributed by atoms with van der Waals surface area (Å²) >= 11 is 0. The van der Waals surface area contributed by atoms with E-state index in [0.717, 1.165) is 30.4 Å². The molecule has 0 spiro atoms. The molecule has 0 radical (unpaired) electrons. The fraction of sp³-hybridized carbons (Fsp3) is 0.250. The lowest BCUT2D eigenvalue weighted by Gasteiger charge is -2.13. The van der Waals surface area contributed by atoms with Gasteiger partial charge in [-0.3, -0.25) is 9.52 Å². The molecule has 1 heterocycles. The van der Waals surface area contributed by atoms with Crippen LogP contribution in [0, 0.1) is 0 Å². The Bertz CT molecular complexity index is 992. The summed E-state index contributed by atoms with van der Waals surface area (Å²) in [5.74, 6) is 0.871. The zero-order valence-electron chi connectivity index (χ0n) is 15.9. The number of carbonyl (C=O) groups excluding carboxylic acids is 1. The molecule has 1 amide bonds. The van der Waals surface area contributed by atoms with E-state index < -0.39 is 11.0 Å². The number of aromatic nitrogens is 2. The van der Waals surface area contributed by atoms with Crippen molar-refractivity contribution in [3.05, 3.63) is 48.5 Å². The van der Waals surface area contributed by atoms with Gasteiger partial charge in [-0.1, -0.05) is 25.5 Å². The minimum atomic E-state index is -1.52. The van der Waals surface area contributed by atoms with E-state index in [9.17, 15) is 9.00 Å². The molecule has 146 valence electrons. The average Bonchev–Trinajstić information content (AvgIpc) is 2.68. The van der Waals surface area contributed by atoms with Crippen LogP contribution in [-0.2, 0) is 15.8 Å². The van der Waals surface area contributed by atoms with Crippen LogP contribution in [0.4, 0.5) is 17.3 Å². The lowest BCUT2D eigenvalue weighted by molar-refractivity contribution is -0.114. The molecule has 0 aliphatic rings. The molecule has 1 aromatic heterocycles. The first kappa shape index (κ1) is 19.8. The average molecular weight is 398 g/mol. The molecule has 3 rings (SSSR count). The topological polar surface area (TPSA) is 96.0 Å². The predicted molar refractivity (Wildman–Crippen MR) is 114 cm³/mol. The van der Waals surface area contributed by atoms with Gasteiger partial charge in [0.15, 0.2) is 22.6 Å². The Morgan fingerprint density at radius 2 is 1.64 bits per heavy atom. The largest absolute Gasteiger partial charge is 0.367 e. The normalized spacial score (nSPS) is 11.8. The minimum Gasteiger partial charge on any atom is -0.367 e. The van der Waals surface area contributed by atoms with E-state index in [0.29, 0.717) is 22.2 Å². The SMILES string of the molecule is CCCCNc1nc2ccccc2nc1NS(=O)c1ccc(NC(C)=O)cc1. The van der Waals surface area contributed by atoms with Gasteiger partial charge in [-0.05, 0) is 42.8 Å². The van der Waals surface area contributed by atoms with Gasteiger partial charge in [0, 0.05) is 19.2 Å². The molecule has 0 aliphatic heterocycles. The third-order valence-electron chi connectivity index (χ3n) is 3.97. The van der Waals surface area contributed by atoms with Crippen molar-refractivity contribution >= 4 is 45.2 Å². The fourth-order valence-electron chi connectivity index (χ4n) is 2.59. The maximum Gasteiger partial charge on any atom is 0.221 e. The second-order valence-corrected chi connectivity index (χ2v) is 7.48. The first-order valence-corrected chi connectivity index (χ1v) is 10.3. The van der Waals surface area contributed by atoms with Gasteiger partial charge >= 0.3 is 0 Å². The molecule has 3 aromatic rings. The second kappa shape index (κ2) is 9.27. The number of hydrogen-bond acceptors (Lipinski definition) is 5. The molecule has 0 saturated heterocycles. The number of amides is 1. The summed E-state index contributed by atoms with van der Waals surface area (Å²) in [5, 5.41) is 5.96. The van der Waals surface area contributed by atoms with Crippen LogP contribution in [0.3, 0.4) is 0 Å². The lowest BCUT2D eigenvalue weighted by Crippen LogP contribution is -2.12. The summed E-state index contributed by atoms with van der Waals surface area (Å²) in [4.78, 5) is 20.9. The molecule has 1 unspecified atom stereocenters. The maximum atomic E-state index is 12.8. The Hall–Kier alpha value is -3.00. The number of anilines is 3. The summed E-state index contributed by atoms with van der Waals surface area (Å²) in [7, 11) is -1.52. The number of para-hydroxylation sites is 2. The third kappa shape index (κ3) is 5.04. The van der Waals surface area contributed by atoms with Gasteiger partial charge in [-0.25, -0.2) is 14.2 Å². The first-order chi connectivity index (χ1) is 13.6. The molecule has 28 heavy (non-hydrogen) atoms. The summed E-state index contributed by atoms with van der Waals surface area (Å²) in [6.07, 6.45) is 2.06. The lowest BCUT2D eigenvalue weighted by atomic mass is 10.3. The molecule has 0 aliphatic carbocycles. The van der Waals surface area contributed by atoms with Gasteiger partial charge in [0.25, 0.3) is 0 Å². The van der Waals surface area contributed by atoms with E-state index in [2.05, 4.69) is 32.2 Å². The van der Waals surface area contributed by atoms with Gasteiger partial charge in [0.2, 0.25) is 5.91 Å². The van der Waals surface area contributed by atoms with Crippen molar-refractivity contribution in [2.24, 2.45) is 0 Å². The van der Waals surface area contributed by atoms with Crippen LogP contribution in [-0.4, -0.2) is 26.6 Å². The highest BCUT2D eigenvalue weighted by atomic mass is 32.2. The number of rotatable bonds is 8. The molecule has 0 saturated carbocycles. The van der Waals surface area contributed by atoms with Crippen molar-refractivity contribution in [1.82, 2.24) is 9.97 Å². The summed E-state index contributed by atoms with van der Waals surface area (Å²) in [6.45, 7) is 4.32. The van der Waals surface area contributed by atoms with E-state index >= 15 is 0 Å². The van der Waals surface area contributed by atoms with Gasteiger partial charge in [-0.15, -0.1) is 0 Å². The predicted octanol–water partition coefficient (Wildman–Crippen LogP) is 3.93. The highest BCUT2D eigenvalue weighted by Gasteiger charge is 2.12. The second-order valence-electron chi connectivity index (χ2n) is 6.27. The monoisotopic (exact) mass is 397 g/mol. The van der Waals surface area contributed by atoms with Gasteiger partial charge in [0.05, 0.1) is 15.9 Å². The Balaban J connectivity index is 1.83. The van der Waals surface area contributed by atoms with Crippen molar-refractivity contribution in [3.63, 3.8) is 0 Å². The quantitative estimate of drug-likeness (QED) is 0.501. The van der Waals surface area contributed by atoms with Crippen molar-refractivity contribution in [3.8, 4) is 0 Å². The summed E-state index contributed by atoms with van der Waals surface area (Å²) in [5.41, 5.74) is 2.15. The molecule has 1 atom stereocenters. The zero-order valence-corrected chi connectivity index (χ0v) is 16.7. The Morgan fingerprint density at radius 3 is 2.25 bits per heavy atom. The molecule has 0 bridgehead atoms. The zero-order chi connectivity index (χ0) is 19.9. The van der Waals surface area contributed by atoms with E-state index in [1.165, 1.54) is 6.92 Å². The molecule has 7 nitrogen and oxygen atoms in total. The van der Waals surface area contributed by atoms with Crippen LogP contribution >= 0.6 is 0 Å². The standard InChI is InChI=1S/C20H23N5O2S/c1-3-4-13-21-19-20(24-18-8-6-5-7-17(18)23-19)25-28(27)16-11-9-15(10-12-16)22-14(2)26/h5-12H,3-4,13H2,1-2H3,(H,21,23)(H,22,26)(H,24,25). The summed E-state index contributed by atoms with van der Waals surface area (Å²) in [6, 6.07) is 14.4. The smallest absolute Gasteiger partial charge is 0.221 e. The molecule has 2 aromatic carbocycles. The number of benzene rings is 2. The van der Waals surface area contributed by atoms with E-state index in [-0.39, 0.29) is 5.91 Å². The van der Waals surface area contributed by atoms with Crippen molar-refractivity contribution in [2.45, 2.75) is 31.6 Å². The van der Waals surface area contributed by atoms with Crippen LogP contribution in [0.2, 0.25) is 0 Å². The highest BCUT2D eigenvalue weighted by Crippen LogP contribution is 2.23. The van der Waals surface area contributed by atoms with Crippen molar-refractivity contribution in [1.29, 1.82) is 0 Å². The van der Waals surface area contributed by atoms with E-state index in [1.54, 1.807) is 24.3 Å². The number of nitrogens with one attached hydrogen (secondary N) is 3. The summed E-state index contributed by atoms with van der Waals surface area (Å²) < 4.78 is 15.7. The number of nitrogens with zero attached hydrogens (tertiary/aromatic N) is 2. The number of unbranched alkanes of at least 4 members (excludes halogenated alkanes) is 1. The van der Waals surface area contributed by atoms with Gasteiger partial charge in [-0.2, -0.15) is 0 Å². The Kier molecular flexibility index (Phi) is 6.54. The van der Waals surface area contributed by atoms with E-state index in [4.69, 9.17) is 0 Å². The number of hydrogen-bond donors (Lipinski definition) is 3. The first-order valence-electron chi connectivity index (χ1n) is 9.13. The molecule has 0 fully saturated rings. The van der Waals surface area contributed by atoms with Crippen LogP contribution in [0.15, 0.2) is 53.4 Å². The maximum absolute atomic E-state index is 12.8. The fourth-order valence-corrected chi connectivity index (χ4v) is 3.41. The minimum absolute atomic E-state index is 0.152. The number of carbonyl (C=O) groups is 1. The van der Waals surface area contributed by atoms with Crippen LogP contribution < -0.4 is 15.4 Å².